The molecule has 2 aromatic carbocycles. The van der Waals surface area contributed by atoms with Gasteiger partial charge in [0.2, 0.25) is 0 Å². The van der Waals surface area contributed by atoms with E-state index in [0.717, 1.165) is 14.9 Å². The maximum atomic E-state index is 4.16. The zero-order valence-electron chi connectivity index (χ0n) is 7.97. The first-order chi connectivity index (χ1) is 7.34. The Kier molecular flexibility index (Phi) is 3.45. The average Bonchev–Trinajstić information content (AvgIpc) is 2.28. The third-order valence-electron chi connectivity index (χ3n) is 1.85. The summed E-state index contributed by atoms with van der Waals surface area (Å²) >= 11 is 2.26. The van der Waals surface area contributed by atoms with Gasteiger partial charge in [-0.15, -0.1) is 0 Å². The van der Waals surface area contributed by atoms with Crippen molar-refractivity contribution in [2.45, 2.75) is 0 Å². The molecule has 0 aromatic heterocycles. The fourth-order valence-corrected chi connectivity index (χ4v) is 1.68. The Labute approximate surface area is 102 Å². The number of rotatable bonds is 2. The number of hydrogen-bond donors (Lipinski definition) is 0. The molecule has 2 nitrogen and oxygen atoms in total. The monoisotopic (exact) mass is 308 g/mol. The van der Waals surface area contributed by atoms with Crippen molar-refractivity contribution in [1.29, 1.82) is 0 Å². The summed E-state index contributed by atoms with van der Waals surface area (Å²) in [6.07, 6.45) is 0. The van der Waals surface area contributed by atoms with Crippen LogP contribution in [-0.2, 0) is 0 Å². The van der Waals surface area contributed by atoms with Crippen molar-refractivity contribution in [3.63, 3.8) is 0 Å². The van der Waals surface area contributed by atoms with Crippen molar-refractivity contribution in [1.82, 2.24) is 0 Å². The Morgan fingerprint density at radius 2 is 1.40 bits per heavy atom. The highest BCUT2D eigenvalue weighted by Gasteiger charge is 1.90. The first-order valence-corrected chi connectivity index (χ1v) is 5.65. The molecule has 2 rings (SSSR count). The van der Waals surface area contributed by atoms with E-state index in [4.69, 9.17) is 0 Å². The number of halogens is 1. The van der Waals surface area contributed by atoms with Crippen LogP contribution < -0.4 is 0 Å². The molecule has 0 bridgehead atoms. The second kappa shape index (κ2) is 5.02. The molecule has 0 radical (unpaired) electrons. The van der Waals surface area contributed by atoms with Gasteiger partial charge in [0.25, 0.3) is 0 Å². The van der Waals surface area contributed by atoms with Gasteiger partial charge < -0.3 is 0 Å². The van der Waals surface area contributed by atoms with Crippen molar-refractivity contribution < 1.29 is 0 Å². The van der Waals surface area contributed by atoms with Gasteiger partial charge in [0.15, 0.2) is 0 Å². The minimum absolute atomic E-state index is 0.872. The van der Waals surface area contributed by atoms with Crippen LogP contribution in [0, 0.1) is 3.57 Å². The van der Waals surface area contributed by atoms with Gasteiger partial charge in [0, 0.05) is 3.57 Å². The predicted octanol–water partition coefficient (Wildman–Crippen LogP) is 4.71. The molecule has 15 heavy (non-hydrogen) atoms. The zero-order chi connectivity index (χ0) is 10.5. The molecule has 2 aromatic rings. The van der Waals surface area contributed by atoms with Crippen LogP contribution in [-0.4, -0.2) is 0 Å². The molecule has 0 N–H and O–H groups in total. The van der Waals surface area contributed by atoms with Crippen molar-refractivity contribution >= 4 is 34.0 Å². The summed E-state index contributed by atoms with van der Waals surface area (Å²) in [5, 5.41) is 8.30. The van der Waals surface area contributed by atoms with Crippen LogP contribution >= 0.6 is 22.6 Å². The maximum absolute atomic E-state index is 4.16. The van der Waals surface area contributed by atoms with Crippen molar-refractivity contribution in [2.75, 3.05) is 0 Å². The van der Waals surface area contributed by atoms with Crippen LogP contribution in [0.15, 0.2) is 64.8 Å². The summed E-state index contributed by atoms with van der Waals surface area (Å²) in [5.74, 6) is 0. The first kappa shape index (κ1) is 10.3. The Morgan fingerprint density at radius 3 is 2.13 bits per heavy atom. The molecule has 0 amide bonds. The van der Waals surface area contributed by atoms with Gasteiger partial charge in [-0.25, -0.2) is 0 Å². The lowest BCUT2D eigenvalue weighted by atomic mass is 10.3. The number of nitrogens with zero attached hydrogens (tertiary/aromatic N) is 2. The molecule has 0 saturated carbocycles. The van der Waals surface area contributed by atoms with Gasteiger partial charge in [0.05, 0.1) is 11.4 Å². The van der Waals surface area contributed by atoms with Crippen LogP contribution in [0.3, 0.4) is 0 Å². The van der Waals surface area contributed by atoms with Crippen molar-refractivity contribution in [3.05, 3.63) is 58.2 Å². The Hall–Kier alpha value is -1.23. The molecule has 0 aliphatic carbocycles. The summed E-state index contributed by atoms with van der Waals surface area (Å²) in [5.41, 5.74) is 1.75. The van der Waals surface area contributed by atoms with Crippen LogP contribution in [0.1, 0.15) is 0 Å². The van der Waals surface area contributed by atoms with Crippen molar-refractivity contribution in [2.24, 2.45) is 10.2 Å². The lowest BCUT2D eigenvalue weighted by Crippen LogP contribution is -1.67. The van der Waals surface area contributed by atoms with E-state index in [1.807, 2.05) is 54.6 Å². The highest BCUT2D eigenvalue weighted by atomic mass is 127. The summed E-state index contributed by atoms with van der Waals surface area (Å²) in [7, 11) is 0. The van der Waals surface area contributed by atoms with Gasteiger partial charge in [-0.3, -0.25) is 0 Å². The molecule has 0 saturated heterocycles. The molecule has 0 spiro atoms. The number of benzene rings is 2. The second-order valence-corrected chi connectivity index (χ2v) is 4.26. The van der Waals surface area contributed by atoms with Gasteiger partial charge in [-0.05, 0) is 52.9 Å². The Balaban J connectivity index is 2.19. The molecule has 0 aliphatic heterocycles. The number of hydrogen-bond acceptors (Lipinski definition) is 2. The molecule has 0 atom stereocenters. The van der Waals surface area contributed by atoms with Gasteiger partial charge >= 0.3 is 0 Å². The van der Waals surface area contributed by atoms with Crippen LogP contribution in [0.25, 0.3) is 0 Å². The molecule has 0 fully saturated rings. The molecule has 0 aliphatic rings. The van der Waals surface area contributed by atoms with Crippen LogP contribution in [0.2, 0.25) is 0 Å². The van der Waals surface area contributed by atoms with E-state index in [9.17, 15) is 0 Å². The van der Waals surface area contributed by atoms with Crippen LogP contribution in [0.4, 0.5) is 11.4 Å². The maximum Gasteiger partial charge on any atom is 0.0867 e. The Bertz CT molecular complexity index is 466. The molecule has 0 unspecified atom stereocenters. The summed E-state index contributed by atoms with van der Waals surface area (Å²) in [6.45, 7) is 0. The number of azo groups is 1. The largest absolute Gasteiger partial charge is 0.151 e. The van der Waals surface area contributed by atoms with Crippen molar-refractivity contribution in [3.8, 4) is 0 Å². The predicted molar refractivity (Wildman–Crippen MR) is 69.8 cm³/mol. The Morgan fingerprint density at radius 1 is 0.733 bits per heavy atom. The average molecular weight is 308 g/mol. The van der Waals surface area contributed by atoms with E-state index in [0.29, 0.717) is 0 Å². The zero-order valence-corrected chi connectivity index (χ0v) is 10.1. The molecule has 74 valence electrons. The third kappa shape index (κ3) is 3.13. The lowest BCUT2D eigenvalue weighted by Gasteiger charge is -1.93. The van der Waals surface area contributed by atoms with Crippen LogP contribution in [0.5, 0.6) is 0 Å². The molecular weight excluding hydrogens is 299 g/mol. The molecular formula is C12H9IN2. The molecule has 3 heteroatoms. The summed E-state index contributed by atoms with van der Waals surface area (Å²) in [6, 6.07) is 17.6. The second-order valence-electron chi connectivity index (χ2n) is 3.02. The normalized spacial score (nSPS) is 10.7. The summed E-state index contributed by atoms with van der Waals surface area (Å²) < 4.78 is 1.16. The topological polar surface area (TPSA) is 24.7 Å². The highest BCUT2D eigenvalue weighted by Crippen LogP contribution is 2.19. The fraction of sp³-hybridized carbons (Fsp3) is 0. The van der Waals surface area contributed by atoms with Gasteiger partial charge in [0.1, 0.15) is 0 Å². The van der Waals surface area contributed by atoms with E-state index < -0.39 is 0 Å². The van der Waals surface area contributed by atoms with Gasteiger partial charge in [-0.1, -0.05) is 24.3 Å². The van der Waals surface area contributed by atoms with E-state index in [2.05, 4.69) is 32.8 Å². The summed E-state index contributed by atoms with van der Waals surface area (Å²) in [4.78, 5) is 0. The SMILES string of the molecule is Ic1cccc(/N=N/c2ccccc2)c1. The fourth-order valence-electron chi connectivity index (χ4n) is 1.15. The smallest absolute Gasteiger partial charge is 0.0867 e. The third-order valence-corrected chi connectivity index (χ3v) is 2.52. The minimum Gasteiger partial charge on any atom is -0.151 e. The quantitative estimate of drug-likeness (QED) is 0.567. The highest BCUT2D eigenvalue weighted by molar-refractivity contribution is 14.1. The lowest BCUT2D eigenvalue weighted by molar-refractivity contribution is 1.23. The molecule has 0 heterocycles. The van der Waals surface area contributed by atoms with E-state index in [1.165, 1.54) is 0 Å². The van der Waals surface area contributed by atoms with E-state index in [-0.39, 0.29) is 0 Å². The standard InChI is InChI=1S/C12H9IN2/c13-10-5-4-8-12(9-10)15-14-11-6-2-1-3-7-11/h1-9H/b15-14+. The van der Waals surface area contributed by atoms with Gasteiger partial charge in [-0.2, -0.15) is 10.2 Å². The minimum atomic E-state index is 0.872. The van der Waals surface area contributed by atoms with E-state index in [1.54, 1.807) is 0 Å². The van der Waals surface area contributed by atoms with E-state index >= 15 is 0 Å². The first-order valence-electron chi connectivity index (χ1n) is 4.57.